The second-order valence-electron chi connectivity index (χ2n) is 13.5. The van der Waals surface area contributed by atoms with Gasteiger partial charge in [0, 0.05) is 23.7 Å². The first-order valence-electron chi connectivity index (χ1n) is 16.3. The number of alkyl halides is 3. The second-order valence-corrected chi connectivity index (χ2v) is 14.5. The fourth-order valence-electron chi connectivity index (χ4n) is 5.60. The van der Waals surface area contributed by atoms with E-state index in [2.05, 4.69) is 50.0 Å². The van der Waals surface area contributed by atoms with Crippen LogP contribution in [-0.4, -0.2) is 34.8 Å². The molecule has 0 spiro atoms. The molecule has 0 aliphatic carbocycles. The molecule has 4 aromatic rings. The van der Waals surface area contributed by atoms with Crippen molar-refractivity contribution in [1.82, 2.24) is 9.78 Å². The van der Waals surface area contributed by atoms with Gasteiger partial charge in [-0.2, -0.15) is 18.3 Å². The molecule has 0 saturated carbocycles. The van der Waals surface area contributed by atoms with Crippen LogP contribution >= 0.6 is 11.3 Å². The fraction of sp³-hybridized carbons (Fsp3) is 0.432. The summed E-state index contributed by atoms with van der Waals surface area (Å²) in [4.78, 5) is 17.7. The van der Waals surface area contributed by atoms with E-state index in [1.807, 2.05) is 37.4 Å². The molecule has 1 aliphatic rings. The molecule has 50 heavy (non-hydrogen) atoms. The van der Waals surface area contributed by atoms with Gasteiger partial charge in [0.1, 0.15) is 35.6 Å². The van der Waals surface area contributed by atoms with Crippen LogP contribution in [0.25, 0.3) is 0 Å². The molecule has 2 unspecified atom stereocenters. The lowest BCUT2D eigenvalue weighted by molar-refractivity contribution is -0.141. The SMILES string of the molecule is CC(C)CC(C)c1sccc1NC(=O)c1cn(C)nc1C(F)(F)F.CCOc1cc(C(C)(C)C)ccc1C1COC(c2c(F)cccc2F)=N1. The van der Waals surface area contributed by atoms with Crippen LogP contribution in [0.15, 0.2) is 59.0 Å². The molecule has 7 nitrogen and oxygen atoms in total. The van der Waals surface area contributed by atoms with Crippen LogP contribution in [0.2, 0.25) is 0 Å². The summed E-state index contributed by atoms with van der Waals surface area (Å²) in [5.74, 6) is -0.737. The third kappa shape index (κ3) is 9.29. The lowest BCUT2D eigenvalue weighted by atomic mass is 9.86. The van der Waals surface area contributed by atoms with Crippen molar-refractivity contribution in [2.75, 3.05) is 18.5 Å². The highest BCUT2D eigenvalue weighted by Gasteiger charge is 2.39. The molecule has 3 heterocycles. The summed E-state index contributed by atoms with van der Waals surface area (Å²) in [5, 5.41) is 7.80. The van der Waals surface area contributed by atoms with Crippen LogP contribution in [0.3, 0.4) is 0 Å². The van der Waals surface area contributed by atoms with Crippen molar-refractivity contribution in [1.29, 1.82) is 0 Å². The Labute approximate surface area is 293 Å². The van der Waals surface area contributed by atoms with Gasteiger partial charge in [-0.3, -0.25) is 9.48 Å². The molecule has 0 saturated heterocycles. The van der Waals surface area contributed by atoms with Crippen LogP contribution in [0.1, 0.15) is 104 Å². The number of nitrogens with zero attached hydrogens (tertiary/aromatic N) is 3. The smallest absolute Gasteiger partial charge is 0.435 e. The molecule has 0 bridgehead atoms. The number of rotatable bonds is 9. The quantitative estimate of drug-likeness (QED) is 0.175. The van der Waals surface area contributed by atoms with Gasteiger partial charge < -0.3 is 14.8 Å². The minimum Gasteiger partial charge on any atom is -0.494 e. The normalized spacial score (nSPS) is 15.2. The van der Waals surface area contributed by atoms with Crippen LogP contribution in [0, 0.1) is 17.6 Å². The summed E-state index contributed by atoms with van der Waals surface area (Å²) >= 11 is 1.49. The summed E-state index contributed by atoms with van der Waals surface area (Å²) in [6.07, 6.45) is -2.65. The number of carbonyl (C=O) groups is 1. The van der Waals surface area contributed by atoms with Crippen molar-refractivity contribution in [2.45, 2.75) is 78.4 Å². The Morgan fingerprint density at radius 1 is 1.10 bits per heavy atom. The average Bonchev–Trinajstić information content (AvgIpc) is 3.77. The number of hydrogen-bond acceptors (Lipinski definition) is 6. The fourth-order valence-corrected chi connectivity index (χ4v) is 6.53. The number of benzene rings is 2. The van der Waals surface area contributed by atoms with Crippen LogP contribution in [0.5, 0.6) is 5.75 Å². The molecule has 1 N–H and O–H groups in total. The monoisotopic (exact) mass is 718 g/mol. The third-order valence-corrected chi connectivity index (χ3v) is 9.07. The van der Waals surface area contributed by atoms with E-state index in [-0.39, 0.29) is 35.4 Å². The molecule has 270 valence electrons. The topological polar surface area (TPSA) is 77.7 Å². The Bertz CT molecular complexity index is 1800. The number of ether oxygens (including phenoxy) is 2. The van der Waals surface area contributed by atoms with E-state index >= 15 is 0 Å². The van der Waals surface area contributed by atoms with E-state index in [1.165, 1.54) is 36.6 Å². The summed E-state index contributed by atoms with van der Waals surface area (Å²) in [6, 6.07) is 11.1. The second kappa shape index (κ2) is 15.7. The van der Waals surface area contributed by atoms with E-state index < -0.39 is 35.0 Å². The van der Waals surface area contributed by atoms with Gasteiger partial charge in [0.25, 0.3) is 5.91 Å². The van der Waals surface area contributed by atoms with E-state index in [0.717, 1.165) is 39.1 Å². The van der Waals surface area contributed by atoms with Crippen LogP contribution in [-0.2, 0) is 23.4 Å². The minimum atomic E-state index is -4.67. The standard InChI is InChI=1S/C21H23F2NO2.C16H20F3N3OS/c1-5-25-18-11-13(21(2,3)4)9-10-14(18)17-12-26-20(24-17)19-15(22)7-6-8-16(19)23;1-9(2)7-10(3)13-12(5-6-24-13)20-15(23)11-8-22(4)21-14(11)16(17,18)19/h6-11,17H,5,12H2,1-4H3;5-6,8-10H,7H2,1-4H3,(H,20,23). The minimum absolute atomic E-state index is 0.00653. The maximum Gasteiger partial charge on any atom is 0.435 e. The van der Waals surface area contributed by atoms with Gasteiger partial charge in [-0.1, -0.05) is 59.7 Å². The van der Waals surface area contributed by atoms with Gasteiger partial charge in [-0.05, 0) is 65.8 Å². The number of hydrogen-bond donors (Lipinski definition) is 1. The van der Waals surface area contributed by atoms with Crippen LogP contribution in [0.4, 0.5) is 27.6 Å². The molecule has 2 aromatic carbocycles. The zero-order chi connectivity index (χ0) is 37.0. The number of aryl methyl sites for hydroxylation is 1. The number of aliphatic imine (C=N–C) groups is 1. The van der Waals surface area contributed by atoms with Crippen molar-refractivity contribution in [3.8, 4) is 5.75 Å². The number of nitrogens with one attached hydrogen (secondary N) is 1. The van der Waals surface area contributed by atoms with Crippen molar-refractivity contribution >= 4 is 28.8 Å². The Balaban J connectivity index is 0.000000226. The number of aromatic nitrogens is 2. The summed E-state index contributed by atoms with van der Waals surface area (Å²) in [6.45, 7) is 15.3. The van der Waals surface area contributed by atoms with Crippen molar-refractivity contribution in [2.24, 2.45) is 18.0 Å². The number of amides is 1. The number of thiophene rings is 1. The largest absolute Gasteiger partial charge is 0.494 e. The molecule has 2 aromatic heterocycles. The zero-order valence-corrected chi connectivity index (χ0v) is 30.2. The van der Waals surface area contributed by atoms with E-state index in [1.54, 1.807) is 6.07 Å². The summed E-state index contributed by atoms with van der Waals surface area (Å²) in [7, 11) is 1.35. The lowest BCUT2D eigenvalue weighted by Gasteiger charge is -2.22. The van der Waals surface area contributed by atoms with E-state index in [9.17, 15) is 26.7 Å². The highest BCUT2D eigenvalue weighted by Crippen LogP contribution is 2.37. The lowest BCUT2D eigenvalue weighted by Crippen LogP contribution is -2.18. The zero-order valence-electron chi connectivity index (χ0n) is 29.4. The first-order chi connectivity index (χ1) is 23.4. The number of halogens is 5. The first kappa shape index (κ1) is 38.5. The van der Waals surface area contributed by atoms with Gasteiger partial charge >= 0.3 is 6.18 Å². The molecule has 1 aliphatic heterocycles. The van der Waals surface area contributed by atoms with Gasteiger partial charge in [-0.25, -0.2) is 13.8 Å². The Morgan fingerprint density at radius 3 is 2.38 bits per heavy atom. The maximum atomic E-state index is 14.0. The van der Waals surface area contributed by atoms with Gasteiger partial charge in [-0.15, -0.1) is 11.3 Å². The Morgan fingerprint density at radius 2 is 1.78 bits per heavy atom. The number of carbonyl (C=O) groups excluding carboxylic acids is 1. The predicted molar refractivity (Wildman–Crippen MR) is 186 cm³/mol. The first-order valence-corrected chi connectivity index (χ1v) is 17.2. The molecule has 1 amide bonds. The molecular formula is C37H43F5N4O3S. The molecule has 13 heteroatoms. The molecule has 0 radical (unpaired) electrons. The van der Waals surface area contributed by atoms with Crippen molar-refractivity contribution < 1.29 is 36.2 Å². The maximum absolute atomic E-state index is 14.0. The van der Waals surface area contributed by atoms with Crippen molar-refractivity contribution in [3.63, 3.8) is 0 Å². The van der Waals surface area contributed by atoms with E-state index in [4.69, 9.17) is 9.47 Å². The average molecular weight is 719 g/mol. The van der Waals surface area contributed by atoms with Crippen LogP contribution < -0.4 is 10.1 Å². The molecule has 0 fully saturated rings. The van der Waals surface area contributed by atoms with E-state index in [0.29, 0.717) is 18.2 Å². The third-order valence-electron chi connectivity index (χ3n) is 7.92. The van der Waals surface area contributed by atoms with Gasteiger partial charge in [0.15, 0.2) is 5.69 Å². The highest BCUT2D eigenvalue weighted by molar-refractivity contribution is 7.10. The predicted octanol–water partition coefficient (Wildman–Crippen LogP) is 10.1. The Hall–Kier alpha value is -4.26. The van der Waals surface area contributed by atoms with Gasteiger partial charge in [0.2, 0.25) is 5.90 Å². The highest BCUT2D eigenvalue weighted by atomic mass is 32.1. The molecule has 5 rings (SSSR count). The number of anilines is 1. The van der Waals surface area contributed by atoms with Crippen molar-refractivity contribution in [3.05, 3.63) is 98.5 Å². The molecular weight excluding hydrogens is 675 g/mol. The summed E-state index contributed by atoms with van der Waals surface area (Å²) < 4.78 is 79.3. The Kier molecular flexibility index (Phi) is 12.1. The summed E-state index contributed by atoms with van der Waals surface area (Å²) in [5.41, 5.74) is 0.684. The molecule has 2 atom stereocenters. The van der Waals surface area contributed by atoms with Gasteiger partial charge in [0.05, 0.1) is 17.9 Å².